The molecule has 2 aromatic carbocycles. The number of benzene rings is 2. The minimum Gasteiger partial charge on any atom is -0.490 e. The number of hydrogen-bond donors (Lipinski definition) is 1. The van der Waals surface area contributed by atoms with E-state index in [0.29, 0.717) is 35.3 Å². The van der Waals surface area contributed by atoms with Crippen LogP contribution in [0.3, 0.4) is 0 Å². The largest absolute Gasteiger partial charge is 0.490 e. The lowest BCUT2D eigenvalue weighted by Gasteiger charge is -2.09. The second-order valence-electron chi connectivity index (χ2n) is 7.08. The number of nitrogens with zero attached hydrogens (tertiary/aromatic N) is 3. The van der Waals surface area contributed by atoms with Gasteiger partial charge in [0.1, 0.15) is 36.4 Å². The van der Waals surface area contributed by atoms with Crippen LogP contribution in [0.15, 0.2) is 52.4 Å². The summed E-state index contributed by atoms with van der Waals surface area (Å²) in [7, 11) is -3.53. The quantitative estimate of drug-likeness (QED) is 0.177. The summed E-state index contributed by atoms with van der Waals surface area (Å²) in [6.45, 7) is 4.04. The summed E-state index contributed by atoms with van der Waals surface area (Å²) in [5, 5.41) is 19.7. The number of sulfone groups is 1. The van der Waals surface area contributed by atoms with Crippen LogP contribution in [0.25, 0.3) is 6.08 Å². The fourth-order valence-corrected chi connectivity index (χ4v) is 4.78. The van der Waals surface area contributed by atoms with Gasteiger partial charge in [0.15, 0.2) is 0 Å². The van der Waals surface area contributed by atoms with Crippen molar-refractivity contribution in [1.82, 2.24) is 10.2 Å². The number of aryl methyl sites for hydroxylation is 1. The molecule has 1 amide bonds. The summed E-state index contributed by atoms with van der Waals surface area (Å²) in [6, 6.07) is 14.0. The average Bonchev–Trinajstić information content (AvgIpc) is 3.32. The van der Waals surface area contributed by atoms with Crippen LogP contribution in [0.1, 0.15) is 18.1 Å². The van der Waals surface area contributed by atoms with E-state index < -0.39 is 15.7 Å². The van der Waals surface area contributed by atoms with E-state index >= 15 is 0 Å². The minimum atomic E-state index is -3.53. The number of nitriles is 1. The van der Waals surface area contributed by atoms with Crippen LogP contribution in [0.4, 0.5) is 5.13 Å². The number of aromatic nitrogens is 2. The highest BCUT2D eigenvalue weighted by Crippen LogP contribution is 2.23. The van der Waals surface area contributed by atoms with Crippen molar-refractivity contribution in [3.05, 3.63) is 64.2 Å². The van der Waals surface area contributed by atoms with Crippen LogP contribution >= 0.6 is 22.9 Å². The van der Waals surface area contributed by atoms with E-state index in [1.165, 1.54) is 13.0 Å². The van der Waals surface area contributed by atoms with Gasteiger partial charge < -0.3 is 9.47 Å². The maximum absolute atomic E-state index is 12.4. The van der Waals surface area contributed by atoms with Crippen LogP contribution in [-0.2, 0) is 14.6 Å². The molecule has 0 aliphatic rings. The van der Waals surface area contributed by atoms with Gasteiger partial charge in [-0.1, -0.05) is 42.0 Å². The summed E-state index contributed by atoms with van der Waals surface area (Å²) in [5.41, 5.74) is 1.35. The highest BCUT2D eigenvalue weighted by Gasteiger charge is 2.19. The third-order valence-electron chi connectivity index (χ3n) is 4.58. The fourth-order valence-electron chi connectivity index (χ4n) is 2.68. The monoisotopic (exact) mass is 532 g/mol. The van der Waals surface area contributed by atoms with E-state index in [4.69, 9.17) is 21.1 Å². The summed E-state index contributed by atoms with van der Waals surface area (Å²) >= 11 is 6.73. The van der Waals surface area contributed by atoms with Crippen molar-refractivity contribution < 1.29 is 22.7 Å². The lowest BCUT2D eigenvalue weighted by atomic mass is 10.1. The van der Waals surface area contributed by atoms with Gasteiger partial charge in [0.25, 0.3) is 5.91 Å². The Morgan fingerprint density at radius 1 is 1.14 bits per heavy atom. The van der Waals surface area contributed by atoms with Crippen LogP contribution < -0.4 is 14.8 Å². The zero-order chi connectivity index (χ0) is 25.4. The highest BCUT2D eigenvalue weighted by molar-refractivity contribution is 7.93. The maximum Gasteiger partial charge on any atom is 0.268 e. The Morgan fingerprint density at radius 3 is 2.43 bits per heavy atom. The molecule has 12 heteroatoms. The van der Waals surface area contributed by atoms with Gasteiger partial charge in [-0.25, -0.2) is 8.42 Å². The summed E-state index contributed by atoms with van der Waals surface area (Å²) in [5.74, 6) is 0.446. The Kier molecular flexibility index (Phi) is 8.81. The molecule has 9 nitrogen and oxygen atoms in total. The lowest BCUT2D eigenvalue weighted by Crippen LogP contribution is -2.13. The van der Waals surface area contributed by atoms with Gasteiger partial charge in [0.05, 0.1) is 5.75 Å². The van der Waals surface area contributed by atoms with Crippen molar-refractivity contribution in [2.45, 2.75) is 18.2 Å². The van der Waals surface area contributed by atoms with E-state index in [0.717, 1.165) is 16.9 Å². The van der Waals surface area contributed by atoms with Crippen molar-refractivity contribution >= 4 is 49.9 Å². The van der Waals surface area contributed by atoms with Crippen molar-refractivity contribution in [3.8, 4) is 17.6 Å². The summed E-state index contributed by atoms with van der Waals surface area (Å²) in [6.07, 6.45) is 1.40. The van der Waals surface area contributed by atoms with Gasteiger partial charge in [-0.05, 0) is 54.5 Å². The number of carbonyl (C=O) groups is 1. The molecule has 0 unspecified atom stereocenters. The number of halogens is 1. The minimum absolute atomic E-state index is 0.0112. The van der Waals surface area contributed by atoms with Gasteiger partial charge in [-0.15, -0.1) is 10.2 Å². The van der Waals surface area contributed by atoms with E-state index in [9.17, 15) is 18.5 Å². The normalized spacial score (nSPS) is 11.5. The first-order chi connectivity index (χ1) is 16.7. The molecule has 3 rings (SSSR count). The molecule has 0 aliphatic heterocycles. The molecule has 0 saturated heterocycles. The molecule has 0 aliphatic carbocycles. The molecular weight excluding hydrogens is 512 g/mol. The molecule has 0 spiro atoms. The molecule has 182 valence electrons. The summed E-state index contributed by atoms with van der Waals surface area (Å²) in [4.78, 5) is 12.4. The molecule has 35 heavy (non-hydrogen) atoms. The Labute approximate surface area is 211 Å². The van der Waals surface area contributed by atoms with Crippen molar-refractivity contribution in [3.63, 3.8) is 0 Å². The van der Waals surface area contributed by atoms with Crippen LogP contribution in [0, 0.1) is 18.3 Å². The van der Waals surface area contributed by atoms with Crippen LogP contribution in [0.2, 0.25) is 5.02 Å². The molecule has 0 saturated carbocycles. The third kappa shape index (κ3) is 7.26. The van der Waals surface area contributed by atoms with E-state index in [-0.39, 0.29) is 20.8 Å². The number of hydrogen-bond acceptors (Lipinski definition) is 9. The smallest absolute Gasteiger partial charge is 0.268 e. The molecule has 0 fully saturated rings. The van der Waals surface area contributed by atoms with E-state index in [1.807, 2.05) is 19.1 Å². The third-order valence-corrected chi connectivity index (χ3v) is 8.02. The predicted octanol–water partition coefficient (Wildman–Crippen LogP) is 4.30. The second kappa shape index (κ2) is 11.8. The zero-order valence-electron chi connectivity index (χ0n) is 18.8. The van der Waals surface area contributed by atoms with Crippen molar-refractivity contribution in [1.29, 1.82) is 5.26 Å². The highest BCUT2D eigenvalue weighted by atomic mass is 35.5. The topological polar surface area (TPSA) is 131 Å². The standard InChI is InChI=1S/C23H21ClN4O5S2/c1-3-35(30,31)23-28-27-22(34-23)26-21(29)17(14-25)13-16-4-6-18(7-5-16)32-10-11-33-19-8-9-20(24)15(2)12-19/h4-9,12-13H,3,10-11H2,1-2H3,(H,26,27,29). The van der Waals surface area contributed by atoms with Crippen LogP contribution in [0.5, 0.6) is 11.5 Å². The predicted molar refractivity (Wildman–Crippen MR) is 133 cm³/mol. The van der Waals surface area contributed by atoms with E-state index in [2.05, 4.69) is 15.5 Å². The number of ether oxygens (including phenoxy) is 2. The number of carbonyl (C=O) groups excluding carboxylic acids is 1. The zero-order valence-corrected chi connectivity index (χ0v) is 21.2. The van der Waals surface area contributed by atoms with Gasteiger partial charge in [0, 0.05) is 5.02 Å². The molecular formula is C23H21ClN4O5S2. The molecule has 3 aromatic rings. The molecule has 1 heterocycles. The first-order valence-electron chi connectivity index (χ1n) is 10.3. The first kappa shape index (κ1) is 26.2. The average molecular weight is 533 g/mol. The Bertz CT molecular complexity index is 1380. The van der Waals surface area contributed by atoms with Crippen molar-refractivity contribution in [2.75, 3.05) is 24.3 Å². The fraction of sp³-hybridized carbons (Fsp3) is 0.217. The van der Waals surface area contributed by atoms with Gasteiger partial charge in [-0.2, -0.15) is 5.26 Å². The van der Waals surface area contributed by atoms with Gasteiger partial charge >= 0.3 is 0 Å². The number of rotatable bonds is 10. The molecule has 0 bridgehead atoms. The molecule has 0 radical (unpaired) electrons. The molecule has 1 N–H and O–H groups in total. The van der Waals surface area contributed by atoms with Gasteiger partial charge in [0.2, 0.25) is 19.3 Å². The van der Waals surface area contributed by atoms with Crippen LogP contribution in [-0.4, -0.2) is 43.5 Å². The number of amides is 1. The second-order valence-corrected chi connectivity index (χ2v) is 10.9. The number of nitrogens with one attached hydrogen (secondary N) is 1. The van der Waals surface area contributed by atoms with E-state index in [1.54, 1.807) is 36.4 Å². The summed E-state index contributed by atoms with van der Waals surface area (Å²) < 4.78 is 34.8. The van der Waals surface area contributed by atoms with Gasteiger partial charge in [-0.3, -0.25) is 10.1 Å². The van der Waals surface area contributed by atoms with Crippen molar-refractivity contribution in [2.24, 2.45) is 0 Å². The Morgan fingerprint density at radius 2 is 1.80 bits per heavy atom. The molecule has 1 aromatic heterocycles. The Balaban J connectivity index is 1.54. The lowest BCUT2D eigenvalue weighted by molar-refractivity contribution is -0.112. The first-order valence-corrected chi connectivity index (χ1v) is 13.2. The SMILES string of the molecule is CCS(=O)(=O)c1nnc(NC(=O)C(C#N)=Cc2ccc(OCCOc3ccc(Cl)c(C)c3)cc2)s1. The molecule has 0 atom stereocenters. The number of anilines is 1. The maximum atomic E-state index is 12.4. The Hall–Kier alpha value is -3.46.